The largest absolute Gasteiger partial charge is 0.313 e. The van der Waals surface area contributed by atoms with Gasteiger partial charge < -0.3 is 5.32 Å². The van der Waals surface area contributed by atoms with Crippen LogP contribution in [0.2, 0.25) is 5.02 Å². The van der Waals surface area contributed by atoms with Crippen molar-refractivity contribution < 1.29 is 4.39 Å². The van der Waals surface area contributed by atoms with Gasteiger partial charge in [-0.3, -0.25) is 0 Å². The Hall–Kier alpha value is -0.900. The molecule has 1 unspecified atom stereocenters. The molecule has 0 saturated heterocycles. The van der Waals surface area contributed by atoms with Crippen LogP contribution in [0.4, 0.5) is 4.39 Å². The molecule has 90 valence electrons. The molecule has 1 heterocycles. The summed E-state index contributed by atoms with van der Waals surface area (Å²) in [5.41, 5.74) is 1.73. The molecule has 0 saturated carbocycles. The van der Waals surface area contributed by atoms with Gasteiger partial charge in [-0.15, -0.1) is 0 Å². The number of likely N-dealkylation sites (N-methyl/N-ethyl adjacent to an activating group) is 1. The maximum absolute atomic E-state index is 13.8. The van der Waals surface area contributed by atoms with E-state index in [1.807, 2.05) is 18.5 Å². The van der Waals surface area contributed by atoms with Gasteiger partial charge in [-0.1, -0.05) is 17.7 Å². The highest BCUT2D eigenvalue weighted by Gasteiger charge is 2.17. The van der Waals surface area contributed by atoms with Crippen LogP contribution < -0.4 is 5.32 Å². The molecule has 0 amide bonds. The molecule has 1 N–H and O–H groups in total. The highest BCUT2D eigenvalue weighted by Crippen LogP contribution is 2.28. The van der Waals surface area contributed by atoms with Gasteiger partial charge in [0.05, 0.1) is 0 Å². The van der Waals surface area contributed by atoms with Gasteiger partial charge in [0.1, 0.15) is 5.82 Å². The van der Waals surface area contributed by atoms with Crippen LogP contribution in [0.3, 0.4) is 0 Å². The summed E-state index contributed by atoms with van der Waals surface area (Å²) in [6.07, 6.45) is 0.737. The first-order chi connectivity index (χ1) is 8.22. The van der Waals surface area contributed by atoms with Gasteiger partial charge in [0.15, 0.2) is 0 Å². The second kappa shape index (κ2) is 5.63. The SMILES string of the molecule is CNC(Cc1ccsc1)c1c(F)cccc1Cl. The van der Waals surface area contributed by atoms with Crippen molar-refractivity contribution >= 4 is 22.9 Å². The fraction of sp³-hybridized carbons (Fsp3) is 0.231. The highest BCUT2D eigenvalue weighted by molar-refractivity contribution is 7.07. The molecular formula is C13H13ClFNS. The lowest BCUT2D eigenvalue weighted by molar-refractivity contribution is 0.534. The second-order valence-corrected chi connectivity index (χ2v) is 5.00. The maximum atomic E-state index is 13.8. The predicted molar refractivity (Wildman–Crippen MR) is 71.2 cm³/mol. The van der Waals surface area contributed by atoms with E-state index in [4.69, 9.17) is 11.6 Å². The van der Waals surface area contributed by atoms with Crippen LogP contribution in [-0.4, -0.2) is 7.05 Å². The summed E-state index contributed by atoms with van der Waals surface area (Å²) in [5, 5.41) is 7.68. The van der Waals surface area contributed by atoms with Crippen molar-refractivity contribution in [3.63, 3.8) is 0 Å². The van der Waals surface area contributed by atoms with E-state index in [1.54, 1.807) is 23.5 Å². The summed E-state index contributed by atoms with van der Waals surface area (Å²) in [6, 6.07) is 6.73. The number of benzene rings is 1. The minimum Gasteiger partial charge on any atom is -0.313 e. The Morgan fingerprint density at radius 3 is 2.82 bits per heavy atom. The molecular weight excluding hydrogens is 257 g/mol. The summed E-state index contributed by atoms with van der Waals surface area (Å²) in [7, 11) is 1.82. The third-order valence-electron chi connectivity index (χ3n) is 2.72. The molecule has 1 atom stereocenters. The number of thiophene rings is 1. The summed E-state index contributed by atoms with van der Waals surface area (Å²) < 4.78 is 13.8. The Balaban J connectivity index is 2.29. The summed E-state index contributed by atoms with van der Waals surface area (Å²) in [5.74, 6) is -0.257. The molecule has 17 heavy (non-hydrogen) atoms. The number of hydrogen-bond donors (Lipinski definition) is 1. The summed E-state index contributed by atoms with van der Waals surface area (Å²) in [4.78, 5) is 0. The molecule has 2 aromatic rings. The lowest BCUT2D eigenvalue weighted by atomic mass is 10.00. The van der Waals surface area contributed by atoms with E-state index in [9.17, 15) is 4.39 Å². The van der Waals surface area contributed by atoms with Crippen LogP contribution in [0.1, 0.15) is 17.2 Å². The molecule has 1 aromatic carbocycles. The molecule has 4 heteroatoms. The third kappa shape index (κ3) is 2.86. The molecule has 2 rings (SSSR count). The molecule has 0 fully saturated rings. The van der Waals surface area contributed by atoms with E-state index in [1.165, 1.54) is 11.6 Å². The zero-order chi connectivity index (χ0) is 12.3. The highest BCUT2D eigenvalue weighted by atomic mass is 35.5. The average Bonchev–Trinajstić information content (AvgIpc) is 2.80. The molecule has 0 aliphatic carbocycles. The number of halogens is 2. The van der Waals surface area contributed by atoms with Crippen LogP contribution in [0.25, 0.3) is 0 Å². The predicted octanol–water partition coefficient (Wildman–Crippen LogP) is 4.04. The molecule has 0 spiro atoms. The molecule has 0 aliphatic heterocycles. The monoisotopic (exact) mass is 269 g/mol. The van der Waals surface area contributed by atoms with Gasteiger partial charge in [-0.25, -0.2) is 4.39 Å². The van der Waals surface area contributed by atoms with Gasteiger partial charge in [0.2, 0.25) is 0 Å². The maximum Gasteiger partial charge on any atom is 0.129 e. The lowest BCUT2D eigenvalue weighted by Gasteiger charge is -2.18. The smallest absolute Gasteiger partial charge is 0.129 e. The van der Waals surface area contributed by atoms with E-state index in [0.717, 1.165) is 6.42 Å². The molecule has 0 radical (unpaired) electrons. The summed E-state index contributed by atoms with van der Waals surface area (Å²) in [6.45, 7) is 0. The zero-order valence-electron chi connectivity index (χ0n) is 9.41. The number of rotatable bonds is 4. The van der Waals surface area contributed by atoms with Crippen LogP contribution in [0, 0.1) is 5.82 Å². The van der Waals surface area contributed by atoms with Crippen molar-refractivity contribution in [2.45, 2.75) is 12.5 Å². The van der Waals surface area contributed by atoms with Crippen molar-refractivity contribution in [2.75, 3.05) is 7.05 Å². The minimum atomic E-state index is -0.257. The van der Waals surface area contributed by atoms with Crippen LogP contribution >= 0.6 is 22.9 Å². The van der Waals surface area contributed by atoms with E-state index in [-0.39, 0.29) is 11.9 Å². The third-order valence-corrected chi connectivity index (χ3v) is 3.78. The van der Waals surface area contributed by atoms with Gasteiger partial charge >= 0.3 is 0 Å². The normalized spacial score (nSPS) is 12.6. The van der Waals surface area contributed by atoms with E-state index >= 15 is 0 Å². The van der Waals surface area contributed by atoms with Crippen LogP contribution in [0.15, 0.2) is 35.0 Å². The average molecular weight is 270 g/mol. The molecule has 1 nitrogen and oxygen atoms in total. The Morgan fingerprint density at radius 1 is 1.41 bits per heavy atom. The van der Waals surface area contributed by atoms with Crippen molar-refractivity contribution in [1.82, 2.24) is 5.32 Å². The van der Waals surface area contributed by atoms with Gasteiger partial charge in [-0.05, 0) is 48.0 Å². The van der Waals surface area contributed by atoms with Crippen molar-refractivity contribution in [2.24, 2.45) is 0 Å². The van der Waals surface area contributed by atoms with Crippen LogP contribution in [0.5, 0.6) is 0 Å². The Bertz CT molecular complexity index is 464. The van der Waals surface area contributed by atoms with Gasteiger partial charge in [0.25, 0.3) is 0 Å². The van der Waals surface area contributed by atoms with Crippen molar-refractivity contribution in [3.8, 4) is 0 Å². The first-order valence-electron chi connectivity index (χ1n) is 5.34. The first-order valence-corrected chi connectivity index (χ1v) is 6.66. The molecule has 1 aromatic heterocycles. The van der Waals surface area contributed by atoms with Crippen LogP contribution in [-0.2, 0) is 6.42 Å². The quantitative estimate of drug-likeness (QED) is 0.883. The number of nitrogens with one attached hydrogen (secondary N) is 1. The minimum absolute atomic E-state index is 0.0988. The topological polar surface area (TPSA) is 12.0 Å². The van der Waals surface area contributed by atoms with Gasteiger partial charge in [0, 0.05) is 16.6 Å². The van der Waals surface area contributed by atoms with E-state index in [2.05, 4.69) is 10.7 Å². The van der Waals surface area contributed by atoms with E-state index < -0.39 is 0 Å². The first kappa shape index (κ1) is 12.6. The molecule has 0 aliphatic rings. The Kier molecular flexibility index (Phi) is 4.15. The van der Waals surface area contributed by atoms with Gasteiger partial charge in [-0.2, -0.15) is 11.3 Å². The summed E-state index contributed by atoms with van der Waals surface area (Å²) >= 11 is 7.71. The second-order valence-electron chi connectivity index (χ2n) is 3.81. The standard InChI is InChI=1S/C13H13ClFNS/c1-16-12(7-9-5-6-17-8-9)13-10(14)3-2-4-11(13)15/h2-6,8,12,16H,7H2,1H3. The Morgan fingerprint density at radius 2 is 2.24 bits per heavy atom. The van der Waals surface area contributed by atoms with E-state index in [0.29, 0.717) is 10.6 Å². The van der Waals surface area contributed by atoms with Crippen molar-refractivity contribution in [1.29, 1.82) is 0 Å². The zero-order valence-corrected chi connectivity index (χ0v) is 11.0. The molecule has 0 bridgehead atoms. The number of hydrogen-bond acceptors (Lipinski definition) is 2. The Labute approximate surface area is 109 Å². The fourth-order valence-corrected chi connectivity index (χ4v) is 2.81. The lowest BCUT2D eigenvalue weighted by Crippen LogP contribution is -2.20. The fourth-order valence-electron chi connectivity index (χ4n) is 1.84. The van der Waals surface area contributed by atoms with Crippen molar-refractivity contribution in [3.05, 3.63) is 57.0 Å².